The van der Waals surface area contributed by atoms with Gasteiger partial charge in [0.15, 0.2) is 0 Å². The highest BCUT2D eigenvalue weighted by atomic mass is 16.2. The maximum absolute atomic E-state index is 12.6. The van der Waals surface area contributed by atoms with Crippen LogP contribution in [0.2, 0.25) is 0 Å². The number of aryl methyl sites for hydroxylation is 1. The van der Waals surface area contributed by atoms with E-state index in [1.165, 1.54) is 4.68 Å². The first-order valence-electron chi connectivity index (χ1n) is 7.83. The molecule has 0 aliphatic heterocycles. The predicted molar refractivity (Wildman–Crippen MR) is 88.4 cm³/mol. The van der Waals surface area contributed by atoms with Gasteiger partial charge in [-0.2, -0.15) is 5.10 Å². The summed E-state index contributed by atoms with van der Waals surface area (Å²) in [5, 5.41) is 8.87. The van der Waals surface area contributed by atoms with E-state index in [4.69, 9.17) is 0 Å². The van der Waals surface area contributed by atoms with E-state index < -0.39 is 6.04 Å². The lowest BCUT2D eigenvalue weighted by Gasteiger charge is -2.16. The summed E-state index contributed by atoms with van der Waals surface area (Å²) in [5.41, 5.74) is 1.22. The normalized spacial score (nSPS) is 15.9. The molecule has 4 rings (SSSR count). The van der Waals surface area contributed by atoms with Gasteiger partial charge in [0, 0.05) is 23.9 Å². The van der Waals surface area contributed by atoms with Crippen LogP contribution in [0.3, 0.4) is 0 Å². The second kappa shape index (κ2) is 4.94. The highest BCUT2D eigenvalue weighted by molar-refractivity contribution is 6.08. The Balaban J connectivity index is 2.00. The van der Waals surface area contributed by atoms with Gasteiger partial charge < -0.3 is 9.88 Å². The van der Waals surface area contributed by atoms with Crippen molar-refractivity contribution < 1.29 is 4.79 Å². The van der Waals surface area contributed by atoms with Crippen molar-refractivity contribution in [2.75, 3.05) is 0 Å². The largest absolute Gasteiger partial charge is 0.352 e. The van der Waals surface area contributed by atoms with Gasteiger partial charge in [-0.05, 0) is 25.8 Å². The molecule has 0 spiro atoms. The number of nitrogens with zero attached hydrogens (tertiary/aromatic N) is 3. The third-order valence-corrected chi connectivity index (χ3v) is 4.50. The van der Waals surface area contributed by atoms with E-state index in [0.717, 1.165) is 29.1 Å². The fourth-order valence-electron chi connectivity index (χ4n) is 3.06. The van der Waals surface area contributed by atoms with Gasteiger partial charge in [0.05, 0.1) is 11.7 Å². The minimum absolute atomic E-state index is 0.0472. The number of benzene rings is 1. The quantitative estimate of drug-likeness (QED) is 0.801. The van der Waals surface area contributed by atoms with Gasteiger partial charge in [-0.25, -0.2) is 4.68 Å². The van der Waals surface area contributed by atoms with Crippen LogP contribution in [0.1, 0.15) is 25.8 Å². The number of nitrogens with one attached hydrogen (secondary N) is 1. The Morgan fingerprint density at radius 2 is 2.04 bits per heavy atom. The van der Waals surface area contributed by atoms with Gasteiger partial charge in [-0.1, -0.05) is 18.2 Å². The molecule has 1 amide bonds. The minimum Gasteiger partial charge on any atom is -0.352 e. The van der Waals surface area contributed by atoms with Crippen molar-refractivity contribution in [1.82, 2.24) is 19.7 Å². The number of amides is 1. The van der Waals surface area contributed by atoms with Crippen molar-refractivity contribution >= 4 is 27.7 Å². The summed E-state index contributed by atoms with van der Waals surface area (Å²) < 4.78 is 3.15. The fraction of sp³-hybridized carbons (Fsp3) is 0.353. The zero-order valence-corrected chi connectivity index (χ0v) is 13.1. The van der Waals surface area contributed by atoms with Crippen molar-refractivity contribution in [1.29, 1.82) is 0 Å². The summed E-state index contributed by atoms with van der Waals surface area (Å²) in [7, 11) is 1.62. The number of rotatable bonds is 3. The third kappa shape index (κ3) is 2.13. The van der Waals surface area contributed by atoms with E-state index in [2.05, 4.69) is 10.4 Å². The van der Waals surface area contributed by atoms with Crippen LogP contribution in [0, 0.1) is 0 Å². The molecule has 6 nitrogen and oxygen atoms in total. The van der Waals surface area contributed by atoms with Gasteiger partial charge in [0.2, 0.25) is 5.91 Å². The Hall–Kier alpha value is -2.63. The predicted octanol–water partition coefficient (Wildman–Crippen LogP) is 1.73. The van der Waals surface area contributed by atoms with E-state index in [9.17, 15) is 9.59 Å². The molecule has 2 aromatic heterocycles. The van der Waals surface area contributed by atoms with Gasteiger partial charge >= 0.3 is 0 Å². The number of aromatic nitrogens is 3. The molecule has 1 atom stereocenters. The number of carbonyl (C=O) groups excluding carboxylic acids is 1. The maximum Gasteiger partial charge on any atom is 0.291 e. The van der Waals surface area contributed by atoms with Gasteiger partial charge in [-0.3, -0.25) is 9.59 Å². The molecule has 1 fully saturated rings. The highest BCUT2D eigenvalue weighted by Gasteiger charge is 2.28. The molecule has 0 saturated heterocycles. The molecule has 1 aromatic carbocycles. The molecule has 1 N–H and O–H groups in total. The first-order valence-corrected chi connectivity index (χ1v) is 7.83. The second-order valence-electron chi connectivity index (χ2n) is 6.18. The monoisotopic (exact) mass is 310 g/mol. The molecular formula is C17H18N4O2. The molecule has 1 saturated carbocycles. The molecule has 23 heavy (non-hydrogen) atoms. The highest BCUT2D eigenvalue weighted by Crippen LogP contribution is 2.30. The van der Waals surface area contributed by atoms with Crippen LogP contribution in [0.5, 0.6) is 0 Å². The van der Waals surface area contributed by atoms with Crippen LogP contribution >= 0.6 is 0 Å². The van der Waals surface area contributed by atoms with Gasteiger partial charge in [-0.15, -0.1) is 0 Å². The topological polar surface area (TPSA) is 68.9 Å². The third-order valence-electron chi connectivity index (χ3n) is 4.50. The van der Waals surface area contributed by atoms with Crippen molar-refractivity contribution in [2.45, 2.75) is 31.8 Å². The molecule has 1 aliphatic rings. The molecular weight excluding hydrogens is 292 g/mol. The lowest BCUT2D eigenvalue weighted by Crippen LogP contribution is -2.33. The summed E-state index contributed by atoms with van der Waals surface area (Å²) in [5.74, 6) is -0.0472. The number of para-hydroxylation sites is 1. The van der Waals surface area contributed by atoms with Gasteiger partial charge in [0.1, 0.15) is 11.6 Å². The fourth-order valence-corrected chi connectivity index (χ4v) is 3.06. The lowest BCUT2D eigenvalue weighted by atomic mass is 10.2. The van der Waals surface area contributed by atoms with E-state index in [0.29, 0.717) is 11.6 Å². The molecule has 118 valence electrons. The molecule has 0 radical (unpaired) electrons. The minimum atomic E-state index is -0.451. The van der Waals surface area contributed by atoms with Crippen molar-refractivity contribution in [3.8, 4) is 0 Å². The average molecular weight is 310 g/mol. The number of hydrogen-bond acceptors (Lipinski definition) is 3. The van der Waals surface area contributed by atoms with Crippen LogP contribution in [-0.4, -0.2) is 26.3 Å². The second-order valence-corrected chi connectivity index (χ2v) is 6.18. The molecule has 6 heteroatoms. The van der Waals surface area contributed by atoms with Crippen molar-refractivity contribution in [2.24, 2.45) is 7.05 Å². The van der Waals surface area contributed by atoms with Crippen LogP contribution in [0.15, 0.2) is 35.3 Å². The van der Waals surface area contributed by atoms with Crippen LogP contribution in [0.25, 0.3) is 21.8 Å². The zero-order chi connectivity index (χ0) is 16.1. The Labute approximate surface area is 132 Å². The molecule has 2 heterocycles. The van der Waals surface area contributed by atoms with Crippen LogP contribution < -0.4 is 10.9 Å². The van der Waals surface area contributed by atoms with E-state index in [1.807, 2.05) is 35.8 Å². The van der Waals surface area contributed by atoms with E-state index in [-0.39, 0.29) is 11.5 Å². The Morgan fingerprint density at radius 3 is 2.78 bits per heavy atom. The van der Waals surface area contributed by atoms with Crippen molar-refractivity contribution in [3.05, 3.63) is 40.8 Å². The first-order chi connectivity index (χ1) is 11.1. The van der Waals surface area contributed by atoms with Crippen LogP contribution in [0.4, 0.5) is 0 Å². The van der Waals surface area contributed by atoms with Crippen LogP contribution in [-0.2, 0) is 11.8 Å². The number of fused-ring (bicyclic) bond motifs is 3. The number of hydrogen-bond donors (Lipinski definition) is 1. The standard InChI is InChI=1S/C17H18N4O2/c1-10(16(22)19-11-7-8-11)21-14-6-4-3-5-12(14)13-9-18-20(2)17(23)15(13)21/h3-6,9-11H,7-8H2,1-2H3,(H,19,22). The smallest absolute Gasteiger partial charge is 0.291 e. The molecule has 3 aromatic rings. The average Bonchev–Trinajstić information content (AvgIpc) is 3.30. The van der Waals surface area contributed by atoms with Gasteiger partial charge in [0.25, 0.3) is 5.56 Å². The van der Waals surface area contributed by atoms with Crippen molar-refractivity contribution in [3.63, 3.8) is 0 Å². The maximum atomic E-state index is 12.6. The SMILES string of the molecule is CC(C(=O)NC1CC1)n1c2ccccc2c2cnn(C)c(=O)c21. The summed E-state index contributed by atoms with van der Waals surface area (Å²) in [4.78, 5) is 25.1. The lowest BCUT2D eigenvalue weighted by molar-refractivity contribution is -0.123. The summed E-state index contributed by atoms with van der Waals surface area (Å²) in [6, 6.07) is 7.59. The summed E-state index contributed by atoms with van der Waals surface area (Å²) in [6.45, 7) is 1.84. The zero-order valence-electron chi connectivity index (χ0n) is 13.1. The van der Waals surface area contributed by atoms with E-state index >= 15 is 0 Å². The summed E-state index contributed by atoms with van der Waals surface area (Å²) in [6.07, 6.45) is 3.77. The Morgan fingerprint density at radius 1 is 1.30 bits per heavy atom. The number of carbonyl (C=O) groups is 1. The van der Waals surface area contributed by atoms with E-state index in [1.54, 1.807) is 13.2 Å². The molecule has 0 bridgehead atoms. The summed E-state index contributed by atoms with van der Waals surface area (Å²) >= 11 is 0. The molecule has 1 unspecified atom stereocenters. The Kier molecular flexibility index (Phi) is 3.01. The first kappa shape index (κ1) is 14.0. The Bertz CT molecular complexity index is 981. The molecule has 1 aliphatic carbocycles.